The monoisotopic (exact) mass is 305 g/mol. The normalized spacial score (nSPS) is 18.3. The second-order valence-electron chi connectivity index (χ2n) is 4.17. The minimum atomic E-state index is -3.84. The van der Waals surface area contributed by atoms with Crippen molar-refractivity contribution in [3.05, 3.63) is 30.3 Å². The van der Waals surface area contributed by atoms with E-state index in [4.69, 9.17) is 4.74 Å². The van der Waals surface area contributed by atoms with Crippen molar-refractivity contribution in [3.63, 3.8) is 0 Å². The van der Waals surface area contributed by atoms with E-state index in [1.54, 1.807) is 18.2 Å². The molecule has 0 spiro atoms. The Morgan fingerprint density at radius 1 is 1.00 bits per heavy atom. The molecule has 106 valence electrons. The molecule has 8 heteroatoms. The van der Waals surface area contributed by atoms with Crippen molar-refractivity contribution in [3.8, 4) is 0 Å². The fraction of sp³-hybridized carbons (Fsp3) is 0.455. The summed E-state index contributed by atoms with van der Waals surface area (Å²) in [7, 11) is -7.66. The Morgan fingerprint density at radius 2 is 1.58 bits per heavy atom. The quantitative estimate of drug-likeness (QED) is 0.787. The molecular weight excluding hydrogens is 290 g/mol. The van der Waals surface area contributed by atoms with Crippen LogP contribution in [-0.2, 0) is 24.6 Å². The molecule has 0 amide bonds. The number of sulfone groups is 1. The number of hydrogen-bond acceptors (Lipinski definition) is 5. The van der Waals surface area contributed by atoms with Crippen molar-refractivity contribution in [2.75, 3.05) is 31.4 Å². The number of rotatable bonds is 4. The third-order valence-corrected chi connectivity index (χ3v) is 7.34. The summed E-state index contributed by atoms with van der Waals surface area (Å²) in [6.45, 7) is 0.995. The summed E-state index contributed by atoms with van der Waals surface area (Å²) in [6, 6.07) is 7.59. The molecule has 0 atom stereocenters. The highest BCUT2D eigenvalue weighted by Crippen LogP contribution is 2.15. The molecule has 1 aliphatic rings. The molecule has 19 heavy (non-hydrogen) atoms. The summed E-state index contributed by atoms with van der Waals surface area (Å²) in [5.74, 6) is 0. The number of morpholine rings is 1. The van der Waals surface area contributed by atoms with Crippen molar-refractivity contribution in [1.29, 1.82) is 0 Å². The van der Waals surface area contributed by atoms with Gasteiger partial charge < -0.3 is 4.74 Å². The third-order valence-electron chi connectivity index (χ3n) is 2.77. The first-order valence-corrected chi connectivity index (χ1v) is 9.01. The Bertz CT molecular complexity index is 618. The van der Waals surface area contributed by atoms with E-state index in [9.17, 15) is 16.8 Å². The average Bonchev–Trinajstić information content (AvgIpc) is 2.40. The predicted octanol–water partition coefficient (Wildman–Crippen LogP) is 0.0798. The predicted molar refractivity (Wildman–Crippen MR) is 69.8 cm³/mol. The molecule has 0 bridgehead atoms. The summed E-state index contributed by atoms with van der Waals surface area (Å²) in [6.07, 6.45) is 0. The van der Waals surface area contributed by atoms with Crippen LogP contribution in [0.5, 0.6) is 0 Å². The Labute approximate surface area is 113 Å². The SMILES string of the molecule is O=S(=O)(CS(=O)(=O)N1CCOCC1)c1ccccc1. The molecule has 1 fully saturated rings. The molecule has 6 nitrogen and oxygen atoms in total. The first-order valence-electron chi connectivity index (χ1n) is 5.75. The van der Waals surface area contributed by atoms with Gasteiger partial charge in [-0.2, -0.15) is 4.31 Å². The zero-order valence-corrected chi connectivity index (χ0v) is 11.9. The molecule has 1 heterocycles. The van der Waals surface area contributed by atoms with Crippen LogP contribution in [-0.4, -0.2) is 52.5 Å². The lowest BCUT2D eigenvalue weighted by Gasteiger charge is -2.25. The van der Waals surface area contributed by atoms with Crippen LogP contribution in [0.15, 0.2) is 35.2 Å². The minimum absolute atomic E-state index is 0.0202. The third kappa shape index (κ3) is 3.53. The Hall–Kier alpha value is -0.960. The van der Waals surface area contributed by atoms with Crippen LogP contribution in [0.2, 0.25) is 0 Å². The molecule has 1 aromatic rings. The standard InChI is InChI=1S/C11H15NO5S2/c13-18(14,11-4-2-1-3-5-11)10-19(15,16)12-6-8-17-9-7-12/h1-5H,6-10H2. The van der Waals surface area contributed by atoms with Crippen molar-refractivity contribution < 1.29 is 21.6 Å². The van der Waals surface area contributed by atoms with Gasteiger partial charge in [0.15, 0.2) is 14.9 Å². The van der Waals surface area contributed by atoms with E-state index >= 15 is 0 Å². The second-order valence-corrected chi connectivity index (χ2v) is 8.49. The fourth-order valence-corrected chi connectivity index (χ4v) is 5.78. The number of ether oxygens (including phenoxy) is 1. The summed E-state index contributed by atoms with van der Waals surface area (Å²) in [5, 5.41) is -0.899. The largest absolute Gasteiger partial charge is 0.379 e. The lowest BCUT2D eigenvalue weighted by atomic mass is 10.4. The van der Waals surface area contributed by atoms with Gasteiger partial charge in [0.05, 0.1) is 18.1 Å². The lowest BCUT2D eigenvalue weighted by Crippen LogP contribution is -2.43. The van der Waals surface area contributed by atoms with E-state index in [-0.39, 0.29) is 18.0 Å². The van der Waals surface area contributed by atoms with Gasteiger partial charge in [-0.3, -0.25) is 0 Å². The van der Waals surface area contributed by atoms with Crippen molar-refractivity contribution in [2.24, 2.45) is 0 Å². The van der Waals surface area contributed by atoms with Crippen LogP contribution in [0.4, 0.5) is 0 Å². The number of sulfonamides is 1. The smallest absolute Gasteiger partial charge is 0.229 e. The van der Waals surface area contributed by atoms with Gasteiger partial charge in [0, 0.05) is 13.1 Å². The first kappa shape index (κ1) is 14.4. The van der Waals surface area contributed by atoms with Crippen LogP contribution in [0.3, 0.4) is 0 Å². The highest BCUT2D eigenvalue weighted by atomic mass is 32.3. The van der Waals surface area contributed by atoms with Gasteiger partial charge in [0.2, 0.25) is 10.0 Å². The second kappa shape index (κ2) is 5.58. The highest BCUT2D eigenvalue weighted by Gasteiger charge is 2.30. The van der Waals surface area contributed by atoms with Gasteiger partial charge in [-0.25, -0.2) is 16.8 Å². The van der Waals surface area contributed by atoms with Gasteiger partial charge in [-0.15, -0.1) is 0 Å². The molecule has 0 unspecified atom stereocenters. The molecule has 1 saturated heterocycles. The molecule has 0 N–H and O–H groups in total. The van der Waals surface area contributed by atoms with Gasteiger partial charge in [-0.1, -0.05) is 18.2 Å². The van der Waals surface area contributed by atoms with Crippen molar-refractivity contribution in [1.82, 2.24) is 4.31 Å². The van der Waals surface area contributed by atoms with Crippen molar-refractivity contribution >= 4 is 19.9 Å². The van der Waals surface area contributed by atoms with Crippen LogP contribution in [0, 0.1) is 0 Å². The minimum Gasteiger partial charge on any atom is -0.379 e. The molecule has 0 aromatic heterocycles. The Balaban J connectivity index is 2.20. The van der Waals surface area contributed by atoms with E-state index in [0.717, 1.165) is 4.31 Å². The zero-order chi connectivity index (χ0) is 13.9. The number of hydrogen-bond donors (Lipinski definition) is 0. The summed E-state index contributed by atoms with van der Waals surface area (Å²) in [5.41, 5.74) is 0. The van der Waals surface area contributed by atoms with E-state index < -0.39 is 24.9 Å². The maximum atomic E-state index is 12.1. The molecule has 1 aliphatic heterocycles. The Morgan fingerprint density at radius 3 is 2.16 bits per heavy atom. The number of nitrogens with zero attached hydrogens (tertiary/aromatic N) is 1. The van der Waals surface area contributed by atoms with E-state index in [0.29, 0.717) is 13.2 Å². The first-order chi connectivity index (χ1) is 8.92. The van der Waals surface area contributed by atoms with Gasteiger partial charge in [-0.05, 0) is 12.1 Å². The molecule has 0 aliphatic carbocycles. The molecule has 1 aromatic carbocycles. The van der Waals surface area contributed by atoms with E-state index in [1.165, 1.54) is 12.1 Å². The van der Waals surface area contributed by atoms with Crippen LogP contribution in [0.1, 0.15) is 0 Å². The number of benzene rings is 1. The van der Waals surface area contributed by atoms with Gasteiger partial charge >= 0.3 is 0 Å². The lowest BCUT2D eigenvalue weighted by molar-refractivity contribution is 0.0732. The molecule has 0 radical (unpaired) electrons. The molecule has 2 rings (SSSR count). The summed E-state index contributed by atoms with van der Waals surface area (Å²) >= 11 is 0. The maximum absolute atomic E-state index is 12.1. The summed E-state index contributed by atoms with van der Waals surface area (Å²) in [4.78, 5) is 0.0202. The van der Waals surface area contributed by atoms with E-state index in [2.05, 4.69) is 0 Å². The van der Waals surface area contributed by atoms with Crippen LogP contribution >= 0.6 is 0 Å². The van der Waals surface area contributed by atoms with Crippen molar-refractivity contribution in [2.45, 2.75) is 4.90 Å². The highest BCUT2D eigenvalue weighted by molar-refractivity contribution is 8.07. The fourth-order valence-electron chi connectivity index (χ4n) is 1.79. The zero-order valence-electron chi connectivity index (χ0n) is 10.2. The Kier molecular flexibility index (Phi) is 4.24. The van der Waals surface area contributed by atoms with Gasteiger partial charge in [0.1, 0.15) is 0 Å². The van der Waals surface area contributed by atoms with Gasteiger partial charge in [0.25, 0.3) is 0 Å². The molecular formula is C11H15NO5S2. The van der Waals surface area contributed by atoms with Crippen LogP contribution in [0.25, 0.3) is 0 Å². The average molecular weight is 305 g/mol. The topological polar surface area (TPSA) is 80.8 Å². The van der Waals surface area contributed by atoms with Crippen LogP contribution < -0.4 is 0 Å². The van der Waals surface area contributed by atoms with E-state index in [1.807, 2.05) is 0 Å². The summed E-state index contributed by atoms with van der Waals surface area (Å²) < 4.78 is 54.5. The maximum Gasteiger partial charge on any atom is 0.229 e. The molecule has 0 saturated carbocycles.